The van der Waals surface area contributed by atoms with Crippen molar-refractivity contribution in [3.8, 4) is 0 Å². The molecule has 1 N–H and O–H groups in total. The first-order valence-corrected chi connectivity index (χ1v) is 9.59. The molecule has 1 amide bonds. The van der Waals surface area contributed by atoms with Crippen LogP contribution in [0.4, 0.5) is 5.69 Å². The van der Waals surface area contributed by atoms with Crippen LogP contribution in [0.2, 0.25) is 0 Å². The second-order valence-corrected chi connectivity index (χ2v) is 6.96. The van der Waals surface area contributed by atoms with E-state index in [4.69, 9.17) is 4.74 Å². The molecule has 0 radical (unpaired) electrons. The van der Waals surface area contributed by atoms with Gasteiger partial charge in [-0.3, -0.25) is 4.79 Å². The Balaban J connectivity index is 1.73. The predicted molar refractivity (Wildman–Crippen MR) is 113 cm³/mol. The van der Waals surface area contributed by atoms with Crippen LogP contribution < -0.4 is 5.32 Å². The molecular formula is C24H25NO3. The zero-order valence-electron chi connectivity index (χ0n) is 16.4. The van der Waals surface area contributed by atoms with Crippen molar-refractivity contribution in [1.82, 2.24) is 0 Å². The number of hydrogen-bond donors (Lipinski definition) is 1. The standard InChI is InChI=1S/C24H25NO3/c1-4-16(2)19-12-7-8-15-22(19)25-23(26)17(3)28-24(27)21-14-9-11-18-10-5-6-13-20(18)21/h5-17H,4H2,1-3H3,(H,25,26)/t16-,17+/m0/s1. The number of nitrogens with one attached hydrogen (secondary N) is 1. The van der Waals surface area contributed by atoms with E-state index in [2.05, 4.69) is 19.2 Å². The third-order valence-corrected chi connectivity index (χ3v) is 5.02. The molecule has 28 heavy (non-hydrogen) atoms. The second-order valence-electron chi connectivity index (χ2n) is 6.96. The molecule has 2 atom stereocenters. The molecule has 3 rings (SSSR count). The first-order chi connectivity index (χ1) is 13.5. The van der Waals surface area contributed by atoms with Gasteiger partial charge in [0.25, 0.3) is 5.91 Å². The van der Waals surface area contributed by atoms with Gasteiger partial charge in [0.05, 0.1) is 5.56 Å². The zero-order valence-corrected chi connectivity index (χ0v) is 16.4. The van der Waals surface area contributed by atoms with Gasteiger partial charge in [0.1, 0.15) is 0 Å². The van der Waals surface area contributed by atoms with Gasteiger partial charge < -0.3 is 10.1 Å². The van der Waals surface area contributed by atoms with Crippen molar-refractivity contribution < 1.29 is 14.3 Å². The highest BCUT2D eigenvalue weighted by Crippen LogP contribution is 2.27. The summed E-state index contributed by atoms with van der Waals surface area (Å²) < 4.78 is 5.45. The molecule has 4 heteroatoms. The number of rotatable bonds is 6. The molecule has 0 saturated carbocycles. The van der Waals surface area contributed by atoms with Gasteiger partial charge in [-0.2, -0.15) is 0 Å². The number of para-hydroxylation sites is 1. The minimum absolute atomic E-state index is 0.324. The number of hydrogen-bond acceptors (Lipinski definition) is 3. The molecule has 0 aliphatic carbocycles. The summed E-state index contributed by atoms with van der Waals surface area (Å²) in [5, 5.41) is 4.67. The Kier molecular flexibility index (Phi) is 6.09. The third-order valence-electron chi connectivity index (χ3n) is 5.02. The minimum Gasteiger partial charge on any atom is -0.449 e. The van der Waals surface area contributed by atoms with Crippen LogP contribution in [0.15, 0.2) is 66.7 Å². The lowest BCUT2D eigenvalue weighted by Crippen LogP contribution is -2.30. The number of carbonyl (C=O) groups is 2. The summed E-state index contributed by atoms with van der Waals surface area (Å²) in [5.74, 6) is -0.524. The lowest BCUT2D eigenvalue weighted by Gasteiger charge is -2.18. The monoisotopic (exact) mass is 375 g/mol. The van der Waals surface area contributed by atoms with Crippen LogP contribution in [0.1, 0.15) is 49.0 Å². The molecule has 0 aliphatic rings. The number of carbonyl (C=O) groups excluding carboxylic acids is 2. The van der Waals surface area contributed by atoms with E-state index in [1.165, 1.54) is 0 Å². The van der Waals surface area contributed by atoms with Gasteiger partial charge >= 0.3 is 5.97 Å². The van der Waals surface area contributed by atoms with Crippen LogP contribution in [0.25, 0.3) is 10.8 Å². The van der Waals surface area contributed by atoms with E-state index in [9.17, 15) is 9.59 Å². The molecule has 3 aromatic rings. The first kappa shape index (κ1) is 19.6. The molecule has 0 unspecified atom stereocenters. The van der Waals surface area contributed by atoms with Gasteiger partial charge in [0, 0.05) is 5.69 Å². The fourth-order valence-corrected chi connectivity index (χ4v) is 3.18. The van der Waals surface area contributed by atoms with Crippen molar-refractivity contribution >= 4 is 28.3 Å². The SMILES string of the molecule is CC[C@H](C)c1ccccc1NC(=O)[C@@H](C)OC(=O)c1cccc2ccccc12. The van der Waals surface area contributed by atoms with Gasteiger partial charge in [0.15, 0.2) is 6.10 Å². The molecule has 144 valence electrons. The van der Waals surface area contributed by atoms with Crippen molar-refractivity contribution in [3.63, 3.8) is 0 Å². The lowest BCUT2D eigenvalue weighted by atomic mass is 9.97. The average molecular weight is 375 g/mol. The molecule has 0 saturated heterocycles. The average Bonchev–Trinajstić information content (AvgIpc) is 2.73. The largest absolute Gasteiger partial charge is 0.449 e. The molecule has 0 fully saturated rings. The van der Waals surface area contributed by atoms with Gasteiger partial charge in [-0.1, -0.05) is 68.4 Å². The summed E-state index contributed by atoms with van der Waals surface area (Å²) in [4.78, 5) is 25.3. The van der Waals surface area contributed by atoms with Crippen molar-refractivity contribution in [2.24, 2.45) is 0 Å². The number of benzene rings is 3. The Hall–Kier alpha value is -3.14. The summed E-state index contributed by atoms with van der Waals surface area (Å²) >= 11 is 0. The molecule has 0 spiro atoms. The van der Waals surface area contributed by atoms with E-state index in [1.807, 2.05) is 60.7 Å². The number of ether oxygens (including phenoxy) is 1. The van der Waals surface area contributed by atoms with Crippen LogP contribution in [0.3, 0.4) is 0 Å². The molecule has 0 aliphatic heterocycles. The summed E-state index contributed by atoms with van der Waals surface area (Å²) in [5.41, 5.74) is 2.29. The first-order valence-electron chi connectivity index (χ1n) is 9.59. The zero-order chi connectivity index (χ0) is 20.1. The smallest absolute Gasteiger partial charge is 0.339 e. The van der Waals surface area contributed by atoms with E-state index >= 15 is 0 Å². The van der Waals surface area contributed by atoms with E-state index in [1.54, 1.807) is 13.0 Å². The summed E-state index contributed by atoms with van der Waals surface area (Å²) in [6.45, 7) is 5.82. The number of anilines is 1. The van der Waals surface area contributed by atoms with Crippen LogP contribution in [0, 0.1) is 0 Å². The van der Waals surface area contributed by atoms with Gasteiger partial charge in [-0.15, -0.1) is 0 Å². The maximum atomic E-state index is 12.6. The van der Waals surface area contributed by atoms with Crippen LogP contribution in [-0.4, -0.2) is 18.0 Å². The molecular weight excluding hydrogens is 350 g/mol. The number of fused-ring (bicyclic) bond motifs is 1. The molecule has 0 heterocycles. The predicted octanol–water partition coefficient (Wildman–Crippen LogP) is 5.54. The second kappa shape index (κ2) is 8.70. The van der Waals surface area contributed by atoms with E-state index in [-0.39, 0.29) is 5.91 Å². The van der Waals surface area contributed by atoms with Gasteiger partial charge in [-0.05, 0) is 47.7 Å². The molecule has 0 bridgehead atoms. The third kappa shape index (κ3) is 4.22. The van der Waals surface area contributed by atoms with Crippen molar-refractivity contribution in [2.75, 3.05) is 5.32 Å². The van der Waals surface area contributed by atoms with Crippen molar-refractivity contribution in [3.05, 3.63) is 77.9 Å². The molecule has 4 nitrogen and oxygen atoms in total. The maximum absolute atomic E-state index is 12.6. The van der Waals surface area contributed by atoms with Crippen LogP contribution in [-0.2, 0) is 9.53 Å². The van der Waals surface area contributed by atoms with E-state index in [0.29, 0.717) is 11.5 Å². The lowest BCUT2D eigenvalue weighted by molar-refractivity contribution is -0.123. The molecule has 0 aromatic heterocycles. The molecule has 3 aromatic carbocycles. The van der Waals surface area contributed by atoms with Crippen molar-refractivity contribution in [1.29, 1.82) is 0 Å². The van der Waals surface area contributed by atoms with Gasteiger partial charge in [0.2, 0.25) is 0 Å². The summed E-state index contributed by atoms with van der Waals surface area (Å²) in [6, 6.07) is 20.8. The van der Waals surface area contributed by atoms with Gasteiger partial charge in [-0.25, -0.2) is 4.79 Å². The number of amides is 1. The van der Waals surface area contributed by atoms with Crippen molar-refractivity contribution in [2.45, 2.75) is 39.2 Å². The Bertz CT molecular complexity index is 991. The van der Waals surface area contributed by atoms with Crippen LogP contribution >= 0.6 is 0 Å². The van der Waals surface area contributed by atoms with E-state index < -0.39 is 12.1 Å². The normalized spacial score (nSPS) is 13.0. The Labute approximate surface area is 165 Å². The highest BCUT2D eigenvalue weighted by Gasteiger charge is 2.21. The van der Waals surface area contributed by atoms with Crippen LogP contribution in [0.5, 0.6) is 0 Å². The summed E-state index contributed by atoms with van der Waals surface area (Å²) in [6.07, 6.45) is 0.0647. The topological polar surface area (TPSA) is 55.4 Å². The minimum atomic E-state index is -0.906. The number of esters is 1. The fourth-order valence-electron chi connectivity index (χ4n) is 3.18. The highest BCUT2D eigenvalue weighted by atomic mass is 16.5. The quantitative estimate of drug-likeness (QED) is 0.576. The summed E-state index contributed by atoms with van der Waals surface area (Å²) in [7, 11) is 0. The fraction of sp³-hybridized carbons (Fsp3) is 0.250. The Morgan fingerprint density at radius 1 is 0.929 bits per heavy atom. The highest BCUT2D eigenvalue weighted by molar-refractivity contribution is 6.05. The Morgan fingerprint density at radius 2 is 1.61 bits per heavy atom. The van der Waals surface area contributed by atoms with E-state index in [0.717, 1.165) is 28.4 Å². The Morgan fingerprint density at radius 3 is 2.39 bits per heavy atom. The maximum Gasteiger partial charge on any atom is 0.339 e.